The molecule has 1 amide bonds. The van der Waals surface area contributed by atoms with Crippen molar-refractivity contribution in [3.8, 4) is 22.3 Å². The maximum Gasteiger partial charge on any atom is 0.270 e. The van der Waals surface area contributed by atoms with Gasteiger partial charge in [-0.1, -0.05) is 70.7 Å². The Labute approximate surface area is 188 Å². The van der Waals surface area contributed by atoms with Gasteiger partial charge in [0.2, 0.25) is 5.91 Å². The van der Waals surface area contributed by atoms with Crippen LogP contribution in [0.1, 0.15) is 21.5 Å². The monoisotopic (exact) mass is 472 g/mol. The van der Waals surface area contributed by atoms with Gasteiger partial charge in [-0.3, -0.25) is 23.3 Å². The van der Waals surface area contributed by atoms with E-state index >= 15 is 0 Å². The molecule has 3 aromatic rings. The zero-order valence-corrected chi connectivity index (χ0v) is 18.0. The smallest absolute Gasteiger partial charge is 0.270 e. The van der Waals surface area contributed by atoms with Crippen LogP contribution in [0, 0.1) is 10.1 Å². The summed E-state index contributed by atoms with van der Waals surface area (Å²) in [7, 11) is 0. The van der Waals surface area contributed by atoms with Gasteiger partial charge in [0.15, 0.2) is 0 Å². The fourth-order valence-electron chi connectivity index (χ4n) is 3.38. The van der Waals surface area contributed by atoms with Gasteiger partial charge in [0.05, 0.1) is 10.5 Å². The third-order valence-corrected chi connectivity index (χ3v) is 5.76. The molecule has 9 nitrogen and oxygen atoms in total. The second kappa shape index (κ2) is 9.92. The van der Waals surface area contributed by atoms with Gasteiger partial charge in [0, 0.05) is 34.8 Å². The molecule has 3 aromatic carbocycles. The highest BCUT2D eigenvalue weighted by molar-refractivity contribution is 7.78. The molecule has 2 atom stereocenters. The third-order valence-electron chi connectivity index (χ3n) is 4.63. The van der Waals surface area contributed by atoms with E-state index < -0.39 is 33.0 Å². The molecule has 2 N–H and O–H groups in total. The first-order valence-electron chi connectivity index (χ1n) is 9.08. The average Bonchev–Trinajstić information content (AvgIpc) is 2.72. The fraction of sp³-hybridized carbons (Fsp3) is 0.0952. The lowest BCUT2D eigenvalue weighted by Gasteiger charge is -2.15. The quantitative estimate of drug-likeness (QED) is 0.299. The first kappa shape index (κ1) is 23.4. The molecule has 32 heavy (non-hydrogen) atoms. The van der Waals surface area contributed by atoms with Crippen LogP contribution in [0.15, 0.2) is 60.7 Å². The second-order valence-electron chi connectivity index (χ2n) is 6.83. The summed E-state index contributed by atoms with van der Waals surface area (Å²) in [6, 6.07) is 14.9. The molecule has 0 spiro atoms. The van der Waals surface area contributed by atoms with Crippen LogP contribution >= 0.6 is 0 Å². The van der Waals surface area contributed by atoms with Gasteiger partial charge in [-0.05, 0) is 22.3 Å². The lowest BCUT2D eigenvalue weighted by Crippen LogP contribution is -2.15. The Morgan fingerprint density at radius 2 is 1.28 bits per heavy atom. The summed E-state index contributed by atoms with van der Waals surface area (Å²) in [6.45, 7) is 0. The van der Waals surface area contributed by atoms with Crippen molar-refractivity contribution in [1.82, 2.24) is 0 Å². The average molecular weight is 473 g/mol. The van der Waals surface area contributed by atoms with E-state index in [2.05, 4.69) is 0 Å². The van der Waals surface area contributed by atoms with Crippen LogP contribution in [0.5, 0.6) is 0 Å². The number of non-ortho nitro benzene ring substituents is 1. The summed E-state index contributed by atoms with van der Waals surface area (Å²) in [6.07, 6.45) is 0. The molecule has 0 fully saturated rings. The molecule has 2 unspecified atom stereocenters. The minimum atomic E-state index is -2.35. The Morgan fingerprint density at radius 3 is 1.62 bits per heavy atom. The van der Waals surface area contributed by atoms with Crippen molar-refractivity contribution < 1.29 is 27.2 Å². The zero-order chi connectivity index (χ0) is 23.4. The number of benzene rings is 3. The fourth-order valence-corrected chi connectivity index (χ4v) is 4.29. The predicted octanol–water partition coefficient (Wildman–Crippen LogP) is 2.79. The summed E-state index contributed by atoms with van der Waals surface area (Å²) >= 11 is -4.70. The van der Waals surface area contributed by atoms with Crippen molar-refractivity contribution in [2.45, 2.75) is 11.5 Å². The number of primary amides is 1. The molecule has 11 heteroatoms. The molecule has 0 aliphatic heterocycles. The number of carbonyl (C=O) groups is 1. The van der Waals surface area contributed by atoms with E-state index in [1.54, 1.807) is 36.4 Å². The topological polar surface area (TPSA) is 166 Å². The number of rotatable bonds is 8. The Hall–Kier alpha value is -3.25. The van der Waals surface area contributed by atoms with Crippen LogP contribution in [0.4, 0.5) is 5.69 Å². The molecule has 0 aliphatic rings. The first-order chi connectivity index (χ1) is 15.2. The highest BCUT2D eigenvalue weighted by Crippen LogP contribution is 2.37. The molecule has 0 aromatic heterocycles. The van der Waals surface area contributed by atoms with Crippen molar-refractivity contribution >= 4 is 33.8 Å². The molecule has 0 saturated carbocycles. The van der Waals surface area contributed by atoms with E-state index in [9.17, 15) is 32.4 Å². The maximum absolute atomic E-state index is 12.5. The molecule has 0 heterocycles. The van der Waals surface area contributed by atoms with Crippen molar-refractivity contribution in [3.05, 3.63) is 87.5 Å². The summed E-state index contributed by atoms with van der Waals surface area (Å²) in [5.41, 5.74) is 7.28. The van der Waals surface area contributed by atoms with Gasteiger partial charge in [0.1, 0.15) is 0 Å². The third kappa shape index (κ3) is 5.51. The number of nitro benzene ring substituents is 1. The van der Waals surface area contributed by atoms with Crippen LogP contribution in [0.2, 0.25) is 0 Å². The van der Waals surface area contributed by atoms with Gasteiger partial charge in [0.25, 0.3) is 5.69 Å². The van der Waals surface area contributed by atoms with Gasteiger partial charge in [-0.15, -0.1) is 0 Å². The van der Waals surface area contributed by atoms with Crippen LogP contribution in [-0.4, -0.2) is 28.4 Å². The van der Waals surface area contributed by atoms with Crippen molar-refractivity contribution in [1.29, 1.82) is 0 Å². The Bertz CT molecular complexity index is 1180. The summed E-state index contributed by atoms with van der Waals surface area (Å²) < 4.78 is 44.3. The number of nitro groups is 1. The molecule has 0 radical (unpaired) electrons. The Morgan fingerprint density at radius 1 is 0.844 bits per heavy atom. The van der Waals surface area contributed by atoms with Crippen molar-refractivity contribution in [2.75, 3.05) is 0 Å². The highest BCUT2D eigenvalue weighted by atomic mass is 32.2. The van der Waals surface area contributed by atoms with Gasteiger partial charge in [-0.2, -0.15) is 0 Å². The van der Waals surface area contributed by atoms with E-state index in [1.807, 2.05) is 0 Å². The highest BCUT2D eigenvalue weighted by Gasteiger charge is 2.22. The lowest BCUT2D eigenvalue weighted by atomic mass is 9.89. The lowest BCUT2D eigenvalue weighted by molar-refractivity contribution is -0.384. The van der Waals surface area contributed by atoms with Gasteiger partial charge in [-0.25, -0.2) is 0 Å². The van der Waals surface area contributed by atoms with Crippen molar-refractivity contribution in [2.24, 2.45) is 5.73 Å². The standard InChI is InChI=1S/C21H18N2O7S2/c22-21(24)20-18(15-5-1-3-13(7-15)11-31(27)28)9-17(23(25)26)10-19(20)16-6-2-4-14(8-16)12-32(29)30/h1-10H,11-12H2,(H2,22,24)(H,27,28)(H,29,30)/p-2. The van der Waals surface area contributed by atoms with Crippen LogP contribution < -0.4 is 5.73 Å². The van der Waals surface area contributed by atoms with E-state index in [1.165, 1.54) is 24.3 Å². The van der Waals surface area contributed by atoms with Crippen LogP contribution in [-0.2, 0) is 33.7 Å². The Kier molecular flexibility index (Phi) is 7.26. The van der Waals surface area contributed by atoms with E-state index in [0.717, 1.165) is 0 Å². The van der Waals surface area contributed by atoms with Crippen LogP contribution in [0.25, 0.3) is 22.3 Å². The minimum Gasteiger partial charge on any atom is -0.772 e. The number of nitrogens with zero attached hydrogens (tertiary/aromatic N) is 1. The molecule has 0 saturated heterocycles. The molecular formula is C21H16N2O7S2-2. The number of nitrogens with two attached hydrogens (primary N) is 1. The Balaban J connectivity index is 2.29. The first-order valence-corrected chi connectivity index (χ1v) is 11.6. The molecule has 0 bridgehead atoms. The number of hydrogen-bond acceptors (Lipinski definition) is 7. The minimum absolute atomic E-state index is 0.00334. The summed E-state index contributed by atoms with van der Waals surface area (Å²) in [5, 5.41) is 11.6. The summed E-state index contributed by atoms with van der Waals surface area (Å²) in [4.78, 5) is 23.4. The number of carbonyl (C=O) groups excluding carboxylic acids is 1. The molecule has 166 valence electrons. The van der Waals surface area contributed by atoms with Crippen molar-refractivity contribution in [3.63, 3.8) is 0 Å². The zero-order valence-electron chi connectivity index (χ0n) is 16.4. The summed E-state index contributed by atoms with van der Waals surface area (Å²) in [5.74, 6) is -1.38. The predicted molar refractivity (Wildman–Crippen MR) is 118 cm³/mol. The van der Waals surface area contributed by atoms with Crippen LogP contribution in [0.3, 0.4) is 0 Å². The van der Waals surface area contributed by atoms with E-state index in [0.29, 0.717) is 22.3 Å². The van der Waals surface area contributed by atoms with E-state index in [-0.39, 0.29) is 33.9 Å². The van der Waals surface area contributed by atoms with E-state index in [4.69, 9.17) is 5.73 Å². The van der Waals surface area contributed by atoms with Gasteiger partial charge < -0.3 is 14.8 Å². The SMILES string of the molecule is NC(=O)c1c(-c2cccc(CS(=O)[O-])c2)cc([N+](=O)[O-])cc1-c1cccc(CS(=O)[O-])c1. The number of hydrogen-bond donors (Lipinski definition) is 1. The maximum atomic E-state index is 12.5. The largest absolute Gasteiger partial charge is 0.772 e. The normalized spacial score (nSPS) is 12.8. The molecule has 3 rings (SSSR count). The van der Waals surface area contributed by atoms with Gasteiger partial charge >= 0.3 is 0 Å². The second-order valence-corrected chi connectivity index (χ2v) is 8.63. The molecule has 0 aliphatic carbocycles. The molecular weight excluding hydrogens is 456 g/mol. The number of amides is 1.